The Balaban J connectivity index is 5.94. The predicted octanol–water partition coefficient (Wildman–Crippen LogP) is 5.06. The summed E-state index contributed by atoms with van der Waals surface area (Å²) < 4.78 is 70.5. The Morgan fingerprint density at radius 1 is 0.667 bits per heavy atom. The first-order valence-corrected chi connectivity index (χ1v) is 5.11. The van der Waals surface area contributed by atoms with E-state index in [1.807, 2.05) is 0 Å². The van der Waals surface area contributed by atoms with Gasteiger partial charge in [0.2, 0.25) is 5.78 Å². The number of ketones is 1. The minimum atomic E-state index is -5.49. The third-order valence-corrected chi connectivity index (χ3v) is 2.15. The van der Waals surface area contributed by atoms with Gasteiger partial charge in [-0.05, 0) is 0 Å². The normalized spacial score (nSPS) is 12.1. The van der Waals surface area contributed by atoms with Gasteiger partial charge in [-0.1, -0.05) is 46.4 Å². The van der Waals surface area contributed by atoms with Crippen molar-refractivity contribution in [3.8, 4) is 0 Å². The highest BCUT2D eigenvalue weighted by Crippen LogP contribution is 2.40. The molecule has 0 saturated carbocycles. The summed E-state index contributed by atoms with van der Waals surface area (Å²) in [5, 5.41) is 0. The average molecular weight is 356 g/mol. The summed E-state index contributed by atoms with van der Waals surface area (Å²) in [4.78, 5) is 11.1. The number of hydrogen-bond acceptors (Lipinski definition) is 1. The van der Waals surface area contributed by atoms with E-state index in [0.29, 0.717) is 0 Å². The quantitative estimate of drug-likeness (QED) is 0.500. The molecule has 0 rings (SSSR count). The Hall–Kier alpha value is -0.110. The van der Waals surface area contributed by atoms with E-state index in [0.717, 1.165) is 0 Å². The van der Waals surface area contributed by atoms with E-state index in [4.69, 9.17) is 46.4 Å². The van der Waals surface area contributed by atoms with E-state index in [9.17, 15) is 31.1 Å². The Morgan fingerprint density at radius 3 is 1.00 bits per heavy atom. The van der Waals surface area contributed by atoms with Gasteiger partial charge in [0, 0.05) is 0 Å². The number of Topliss-reactive ketones (excluding diaryl/α,β-unsaturated/α-hetero) is 1. The summed E-state index contributed by atoms with van der Waals surface area (Å²) in [5.41, 5.74) is -4.81. The third kappa shape index (κ3) is 4.53. The molecule has 0 amide bonds. The first-order valence-electron chi connectivity index (χ1n) is 3.59. The molecule has 0 fully saturated rings. The molecule has 0 aromatic heterocycles. The standard InChI is InChI=1S/C7Cl4F6O/c8-4(9)1(6(12,13)14)3(18)2(5(10)11)7(15,16)17. The predicted molar refractivity (Wildman–Crippen MR) is 54.6 cm³/mol. The molecule has 18 heavy (non-hydrogen) atoms. The molecule has 0 bridgehead atoms. The van der Waals surface area contributed by atoms with Gasteiger partial charge in [0.1, 0.15) is 20.1 Å². The Morgan fingerprint density at radius 2 is 0.889 bits per heavy atom. The van der Waals surface area contributed by atoms with Crippen molar-refractivity contribution in [2.45, 2.75) is 12.4 Å². The van der Waals surface area contributed by atoms with Gasteiger partial charge in [0.05, 0.1) is 0 Å². The molecule has 0 radical (unpaired) electrons. The largest absolute Gasteiger partial charge is 0.422 e. The summed E-state index contributed by atoms with van der Waals surface area (Å²) in [5.74, 6) is -2.56. The molecular formula is C7Cl4F6O. The van der Waals surface area contributed by atoms with Crippen LogP contribution in [0.3, 0.4) is 0 Å². The van der Waals surface area contributed by atoms with Crippen LogP contribution in [0.25, 0.3) is 0 Å². The van der Waals surface area contributed by atoms with Gasteiger partial charge in [-0.25, -0.2) is 0 Å². The second-order valence-corrected chi connectivity index (χ2v) is 4.49. The van der Waals surface area contributed by atoms with Gasteiger partial charge in [-0.2, -0.15) is 26.3 Å². The summed E-state index contributed by atoms with van der Waals surface area (Å²) in [7, 11) is 0. The van der Waals surface area contributed by atoms with Gasteiger partial charge < -0.3 is 0 Å². The van der Waals surface area contributed by atoms with Gasteiger partial charge in [0.25, 0.3) is 0 Å². The fourth-order valence-electron chi connectivity index (χ4n) is 0.768. The maximum atomic E-state index is 12.3. The van der Waals surface area contributed by atoms with Crippen LogP contribution < -0.4 is 0 Å². The van der Waals surface area contributed by atoms with Crippen LogP contribution in [0.5, 0.6) is 0 Å². The zero-order valence-electron chi connectivity index (χ0n) is 7.69. The summed E-state index contributed by atoms with van der Waals surface area (Å²) in [6.45, 7) is 0. The van der Waals surface area contributed by atoms with Crippen molar-refractivity contribution in [3.63, 3.8) is 0 Å². The molecule has 0 aromatic rings. The maximum Gasteiger partial charge on any atom is 0.422 e. The monoisotopic (exact) mass is 354 g/mol. The maximum absolute atomic E-state index is 12.3. The second kappa shape index (κ2) is 5.90. The summed E-state index contributed by atoms with van der Waals surface area (Å²) >= 11 is 19.0. The lowest BCUT2D eigenvalue weighted by molar-refractivity contribution is -0.135. The van der Waals surface area contributed by atoms with Crippen LogP contribution in [0, 0.1) is 0 Å². The fourth-order valence-corrected chi connectivity index (χ4v) is 1.54. The van der Waals surface area contributed by atoms with E-state index in [1.165, 1.54) is 0 Å². The Labute approximate surface area is 116 Å². The number of allylic oxidation sites excluding steroid dienone is 2. The van der Waals surface area contributed by atoms with Crippen LogP contribution in [0.15, 0.2) is 20.1 Å². The van der Waals surface area contributed by atoms with Crippen molar-refractivity contribution >= 4 is 52.2 Å². The van der Waals surface area contributed by atoms with E-state index in [-0.39, 0.29) is 0 Å². The molecule has 0 atom stereocenters. The first kappa shape index (κ1) is 17.9. The number of hydrogen-bond donors (Lipinski definition) is 0. The number of rotatable bonds is 2. The van der Waals surface area contributed by atoms with Crippen LogP contribution in [0.1, 0.15) is 0 Å². The van der Waals surface area contributed by atoms with Crippen molar-refractivity contribution in [2.75, 3.05) is 0 Å². The summed E-state index contributed by atoms with van der Waals surface area (Å²) in [6, 6.07) is 0. The number of carbonyl (C=O) groups is 1. The highest BCUT2D eigenvalue weighted by atomic mass is 35.5. The van der Waals surface area contributed by atoms with Gasteiger partial charge in [-0.15, -0.1) is 0 Å². The molecule has 0 saturated heterocycles. The molecule has 104 valence electrons. The lowest BCUT2D eigenvalue weighted by Gasteiger charge is -2.15. The summed E-state index contributed by atoms with van der Waals surface area (Å²) in [6.07, 6.45) is -11.0. The minimum Gasteiger partial charge on any atom is -0.288 e. The van der Waals surface area contributed by atoms with E-state index in [2.05, 4.69) is 0 Å². The molecule has 11 heteroatoms. The zero-order chi connectivity index (χ0) is 14.9. The fraction of sp³-hybridized carbons (Fsp3) is 0.286. The molecular weight excluding hydrogens is 356 g/mol. The second-order valence-electron chi connectivity index (χ2n) is 2.60. The molecule has 0 aliphatic heterocycles. The lowest BCUT2D eigenvalue weighted by atomic mass is 10.1. The highest BCUT2D eigenvalue weighted by Gasteiger charge is 2.49. The molecule has 0 spiro atoms. The van der Waals surface area contributed by atoms with E-state index >= 15 is 0 Å². The minimum absolute atomic E-state index is 1.68. The van der Waals surface area contributed by atoms with Crippen molar-refractivity contribution < 1.29 is 31.1 Å². The van der Waals surface area contributed by atoms with Crippen LogP contribution >= 0.6 is 46.4 Å². The van der Waals surface area contributed by atoms with Crippen LogP contribution in [-0.4, -0.2) is 18.1 Å². The average Bonchev–Trinajstić information content (AvgIpc) is 1.93. The number of alkyl halides is 6. The molecule has 0 heterocycles. The highest BCUT2D eigenvalue weighted by molar-refractivity contribution is 6.59. The first-order chi connectivity index (χ1) is 7.80. The molecule has 0 N–H and O–H groups in total. The van der Waals surface area contributed by atoms with Gasteiger partial charge >= 0.3 is 12.4 Å². The van der Waals surface area contributed by atoms with Crippen molar-refractivity contribution in [3.05, 3.63) is 20.1 Å². The van der Waals surface area contributed by atoms with Crippen molar-refractivity contribution in [1.82, 2.24) is 0 Å². The Kier molecular flexibility index (Phi) is 5.86. The molecule has 0 unspecified atom stereocenters. The number of carbonyl (C=O) groups excluding carboxylic acids is 1. The number of halogens is 10. The smallest absolute Gasteiger partial charge is 0.288 e. The SMILES string of the molecule is O=C(C(=C(Cl)Cl)C(F)(F)F)C(=C(Cl)Cl)C(F)(F)F. The van der Waals surface area contributed by atoms with Gasteiger partial charge in [-0.3, -0.25) is 4.79 Å². The molecule has 0 aromatic carbocycles. The van der Waals surface area contributed by atoms with E-state index < -0.39 is 38.3 Å². The van der Waals surface area contributed by atoms with Crippen molar-refractivity contribution in [2.24, 2.45) is 0 Å². The Bertz CT molecular complexity index is 373. The van der Waals surface area contributed by atoms with Crippen molar-refractivity contribution in [1.29, 1.82) is 0 Å². The third-order valence-electron chi connectivity index (χ3n) is 1.40. The molecule has 0 aliphatic carbocycles. The van der Waals surface area contributed by atoms with Gasteiger partial charge in [0.15, 0.2) is 0 Å². The van der Waals surface area contributed by atoms with Crippen LogP contribution in [-0.2, 0) is 4.79 Å². The zero-order valence-corrected chi connectivity index (χ0v) is 10.7. The van der Waals surface area contributed by atoms with Crippen LogP contribution in [0.4, 0.5) is 26.3 Å². The van der Waals surface area contributed by atoms with Crippen LogP contribution in [0.2, 0.25) is 0 Å². The van der Waals surface area contributed by atoms with E-state index in [1.54, 1.807) is 0 Å². The molecule has 1 nitrogen and oxygen atoms in total. The topological polar surface area (TPSA) is 17.1 Å². The molecule has 0 aliphatic rings. The lowest BCUT2D eigenvalue weighted by Crippen LogP contribution is -2.28.